The van der Waals surface area contributed by atoms with Gasteiger partial charge in [-0.2, -0.15) is 0 Å². The highest BCUT2D eigenvalue weighted by Crippen LogP contribution is 2.12. The average molecular weight is 371 g/mol. The Bertz CT molecular complexity index is 748. The molecule has 0 heterocycles. The zero-order chi connectivity index (χ0) is 18.8. The van der Waals surface area contributed by atoms with Gasteiger partial charge in [0.15, 0.2) is 11.7 Å². The number of carbonyl (C=O) groups excluding carboxylic acids is 2. The van der Waals surface area contributed by atoms with Crippen molar-refractivity contribution in [2.45, 2.75) is 19.8 Å². The van der Waals surface area contributed by atoms with E-state index in [0.29, 0.717) is 5.75 Å². The summed E-state index contributed by atoms with van der Waals surface area (Å²) in [6.07, 6.45) is 1.15. The van der Waals surface area contributed by atoms with Crippen molar-refractivity contribution in [3.8, 4) is 5.75 Å². The smallest absolute Gasteiger partial charge is 0.264 e. The molecule has 2 rings (SSSR count). The normalized spacial score (nSPS) is 9.88. The number of rotatable bonds is 6. The van der Waals surface area contributed by atoms with Crippen LogP contribution in [-0.2, 0) is 22.4 Å². The second kappa shape index (κ2) is 10.1. The van der Waals surface area contributed by atoms with E-state index in [9.17, 15) is 9.59 Å². The topological polar surface area (TPSA) is 79.5 Å². The Morgan fingerprint density at radius 1 is 0.923 bits per heavy atom. The summed E-state index contributed by atoms with van der Waals surface area (Å²) in [6.45, 7) is 1.89. The van der Waals surface area contributed by atoms with Gasteiger partial charge in [0.2, 0.25) is 5.91 Å². The number of carbonyl (C=O) groups is 2. The summed E-state index contributed by atoms with van der Waals surface area (Å²) in [7, 11) is 0. The van der Waals surface area contributed by atoms with Crippen molar-refractivity contribution in [3.63, 3.8) is 0 Å². The van der Waals surface area contributed by atoms with E-state index in [-0.39, 0.29) is 24.0 Å². The summed E-state index contributed by atoms with van der Waals surface area (Å²) < 4.78 is 5.39. The Morgan fingerprint density at radius 2 is 1.62 bits per heavy atom. The molecular weight excluding hydrogens is 350 g/mol. The zero-order valence-corrected chi connectivity index (χ0v) is 15.3. The van der Waals surface area contributed by atoms with Crippen molar-refractivity contribution in [1.29, 1.82) is 0 Å². The van der Waals surface area contributed by atoms with Crippen LogP contribution in [-0.4, -0.2) is 23.5 Å². The van der Waals surface area contributed by atoms with Crippen molar-refractivity contribution in [2.75, 3.05) is 6.61 Å². The molecule has 0 unspecified atom stereocenters. The predicted molar refractivity (Wildman–Crippen MR) is 103 cm³/mol. The third-order valence-electron chi connectivity index (χ3n) is 3.48. The summed E-state index contributed by atoms with van der Waals surface area (Å²) in [6, 6.07) is 16.8. The monoisotopic (exact) mass is 371 g/mol. The van der Waals surface area contributed by atoms with Gasteiger partial charge in [-0.25, -0.2) is 0 Å². The molecule has 0 aliphatic rings. The van der Waals surface area contributed by atoms with Crippen LogP contribution in [0.2, 0.25) is 0 Å². The van der Waals surface area contributed by atoms with Gasteiger partial charge in [-0.05, 0) is 41.9 Å². The largest absolute Gasteiger partial charge is 0.484 e. The van der Waals surface area contributed by atoms with Crippen molar-refractivity contribution in [1.82, 2.24) is 16.2 Å². The summed E-state index contributed by atoms with van der Waals surface area (Å²) in [5.74, 6) is -0.0770. The Hall–Kier alpha value is -2.93. The molecule has 0 saturated heterocycles. The molecule has 0 bridgehead atoms. The SMILES string of the molecule is CCc1ccc(OCC(=O)NC(=S)NNC(=O)Cc2ccccc2)cc1. The molecule has 0 aromatic heterocycles. The van der Waals surface area contributed by atoms with Gasteiger partial charge in [0.25, 0.3) is 5.91 Å². The van der Waals surface area contributed by atoms with Gasteiger partial charge in [0.1, 0.15) is 5.75 Å². The minimum absolute atomic E-state index is 0.00124. The quantitative estimate of drug-likeness (QED) is 0.534. The number of thiocarbonyl (C=S) groups is 1. The van der Waals surface area contributed by atoms with Gasteiger partial charge in [-0.15, -0.1) is 0 Å². The van der Waals surface area contributed by atoms with Gasteiger partial charge in [-0.1, -0.05) is 49.4 Å². The maximum absolute atomic E-state index is 11.8. The number of ether oxygens (including phenoxy) is 1. The fourth-order valence-electron chi connectivity index (χ4n) is 2.12. The highest BCUT2D eigenvalue weighted by Gasteiger charge is 2.07. The first-order valence-corrected chi connectivity index (χ1v) is 8.62. The van der Waals surface area contributed by atoms with E-state index in [2.05, 4.69) is 23.1 Å². The van der Waals surface area contributed by atoms with E-state index in [0.717, 1.165) is 12.0 Å². The molecule has 0 atom stereocenters. The van der Waals surface area contributed by atoms with Crippen LogP contribution in [0.25, 0.3) is 0 Å². The van der Waals surface area contributed by atoms with Crippen molar-refractivity contribution < 1.29 is 14.3 Å². The first-order chi connectivity index (χ1) is 12.6. The highest BCUT2D eigenvalue weighted by atomic mass is 32.1. The third-order valence-corrected chi connectivity index (χ3v) is 3.68. The number of aryl methyl sites for hydroxylation is 1. The second-order valence-electron chi connectivity index (χ2n) is 5.50. The van der Waals surface area contributed by atoms with Crippen LogP contribution in [0.5, 0.6) is 5.75 Å². The summed E-state index contributed by atoms with van der Waals surface area (Å²) in [5.41, 5.74) is 7.00. The lowest BCUT2D eigenvalue weighted by Crippen LogP contribution is -2.49. The molecule has 0 spiro atoms. The Balaban J connectivity index is 1.66. The Labute approximate surface area is 157 Å². The zero-order valence-electron chi connectivity index (χ0n) is 14.5. The molecule has 3 N–H and O–H groups in total. The van der Waals surface area contributed by atoms with Crippen LogP contribution in [0.15, 0.2) is 54.6 Å². The van der Waals surface area contributed by atoms with Crippen LogP contribution >= 0.6 is 12.2 Å². The maximum atomic E-state index is 11.8. The van der Waals surface area contributed by atoms with E-state index in [1.165, 1.54) is 5.56 Å². The van der Waals surface area contributed by atoms with E-state index in [1.54, 1.807) is 0 Å². The van der Waals surface area contributed by atoms with E-state index in [1.807, 2.05) is 54.6 Å². The fourth-order valence-corrected chi connectivity index (χ4v) is 2.28. The van der Waals surface area contributed by atoms with Crippen molar-refractivity contribution in [2.24, 2.45) is 0 Å². The molecule has 0 aliphatic heterocycles. The van der Waals surface area contributed by atoms with Gasteiger partial charge in [0.05, 0.1) is 6.42 Å². The van der Waals surface area contributed by atoms with Crippen molar-refractivity contribution in [3.05, 3.63) is 65.7 Å². The van der Waals surface area contributed by atoms with Crippen LogP contribution in [0, 0.1) is 0 Å². The van der Waals surface area contributed by atoms with Gasteiger partial charge < -0.3 is 4.74 Å². The first-order valence-electron chi connectivity index (χ1n) is 8.21. The van der Waals surface area contributed by atoms with E-state index in [4.69, 9.17) is 17.0 Å². The van der Waals surface area contributed by atoms with E-state index < -0.39 is 5.91 Å². The lowest BCUT2D eigenvalue weighted by molar-refractivity contribution is -0.122. The molecular formula is C19H21N3O3S. The summed E-state index contributed by atoms with van der Waals surface area (Å²) in [5, 5.41) is 2.43. The molecule has 0 aliphatic carbocycles. The standard InChI is InChI=1S/C19H21N3O3S/c1-2-14-8-10-16(11-9-14)25-13-18(24)20-19(26)22-21-17(23)12-15-6-4-3-5-7-15/h3-11H,2,12-13H2,1H3,(H,21,23)(H2,20,22,24,26). The Kier molecular flexibility index (Phi) is 7.57. The van der Waals surface area contributed by atoms with E-state index >= 15 is 0 Å². The molecule has 136 valence electrons. The summed E-state index contributed by atoms with van der Waals surface area (Å²) >= 11 is 4.96. The number of hydrazine groups is 1. The number of amides is 2. The van der Waals surface area contributed by atoms with Crippen molar-refractivity contribution >= 4 is 29.1 Å². The first kappa shape index (κ1) is 19.4. The molecule has 2 aromatic rings. The third kappa shape index (κ3) is 6.90. The minimum Gasteiger partial charge on any atom is -0.484 e. The average Bonchev–Trinajstić information content (AvgIpc) is 2.66. The van der Waals surface area contributed by atoms with Gasteiger partial charge in [-0.3, -0.25) is 25.8 Å². The minimum atomic E-state index is -0.417. The molecule has 7 heteroatoms. The number of nitrogens with one attached hydrogen (secondary N) is 3. The van der Waals surface area contributed by atoms with Gasteiger partial charge >= 0.3 is 0 Å². The highest BCUT2D eigenvalue weighted by molar-refractivity contribution is 7.80. The molecule has 2 aromatic carbocycles. The number of hydrogen-bond donors (Lipinski definition) is 3. The fraction of sp³-hybridized carbons (Fsp3) is 0.211. The molecule has 0 fully saturated rings. The molecule has 0 radical (unpaired) electrons. The van der Waals surface area contributed by atoms with Crippen LogP contribution in [0.4, 0.5) is 0 Å². The number of hydrogen-bond acceptors (Lipinski definition) is 4. The molecule has 0 saturated carbocycles. The predicted octanol–water partition coefficient (Wildman–Crippen LogP) is 1.89. The lowest BCUT2D eigenvalue weighted by Gasteiger charge is -2.11. The van der Waals surface area contributed by atoms with Crippen LogP contribution < -0.4 is 20.9 Å². The van der Waals surface area contributed by atoms with Crippen LogP contribution in [0.1, 0.15) is 18.1 Å². The molecule has 26 heavy (non-hydrogen) atoms. The molecule has 6 nitrogen and oxygen atoms in total. The summed E-state index contributed by atoms with van der Waals surface area (Å²) in [4.78, 5) is 23.6. The Morgan fingerprint density at radius 3 is 2.27 bits per heavy atom. The van der Waals surface area contributed by atoms with Crippen LogP contribution in [0.3, 0.4) is 0 Å². The lowest BCUT2D eigenvalue weighted by atomic mass is 10.1. The second-order valence-corrected chi connectivity index (χ2v) is 5.91. The molecule has 2 amide bonds. The number of benzene rings is 2. The van der Waals surface area contributed by atoms with Gasteiger partial charge in [0, 0.05) is 0 Å². The maximum Gasteiger partial charge on any atom is 0.264 e.